The van der Waals surface area contributed by atoms with Crippen LogP contribution < -0.4 is 0 Å². The molecule has 0 aliphatic carbocycles. The first-order valence-corrected chi connectivity index (χ1v) is 6.76. The largest absolute Gasteiger partial charge is 0.378 e. The summed E-state index contributed by atoms with van der Waals surface area (Å²) in [6.45, 7) is 6.13. The Morgan fingerprint density at radius 1 is 1.47 bits per heavy atom. The first-order valence-electron chi connectivity index (χ1n) is 6.76. The third-order valence-electron chi connectivity index (χ3n) is 3.75. The molecular weight excluding hydrogens is 245 g/mol. The lowest BCUT2D eigenvalue weighted by Gasteiger charge is -2.38. The zero-order valence-electron chi connectivity index (χ0n) is 11.4. The van der Waals surface area contributed by atoms with Crippen molar-refractivity contribution in [2.75, 3.05) is 19.8 Å². The predicted molar refractivity (Wildman–Crippen MR) is 71.8 cm³/mol. The van der Waals surface area contributed by atoms with Crippen LogP contribution in [0.2, 0.25) is 0 Å². The van der Waals surface area contributed by atoms with Crippen molar-refractivity contribution in [3.8, 4) is 0 Å². The van der Waals surface area contributed by atoms with Crippen molar-refractivity contribution in [1.82, 2.24) is 4.90 Å². The van der Waals surface area contributed by atoms with Crippen LogP contribution in [0.15, 0.2) is 24.3 Å². The van der Waals surface area contributed by atoms with Crippen LogP contribution in [0.3, 0.4) is 0 Å². The molecule has 1 saturated heterocycles. The monoisotopic (exact) mass is 265 g/mol. The number of morpholine rings is 1. The Kier molecular flexibility index (Phi) is 4.66. The highest BCUT2D eigenvalue weighted by molar-refractivity contribution is 5.99. The minimum atomic E-state index is -0.318. The molecule has 2 rings (SSSR count). The topological polar surface area (TPSA) is 29.5 Å². The summed E-state index contributed by atoms with van der Waals surface area (Å²) in [5.74, 6) is -0.276. The van der Waals surface area contributed by atoms with Crippen LogP contribution in [0.25, 0.3) is 0 Å². The molecule has 1 aliphatic rings. The number of nitrogens with zero attached hydrogens (tertiary/aromatic N) is 1. The van der Waals surface area contributed by atoms with E-state index in [-0.39, 0.29) is 23.7 Å². The Bertz CT molecular complexity index is 432. The summed E-state index contributed by atoms with van der Waals surface area (Å²) in [5.41, 5.74) is 0.565. The molecule has 2 atom stereocenters. The lowest BCUT2D eigenvalue weighted by atomic mass is 10.0. The molecule has 4 heteroatoms. The van der Waals surface area contributed by atoms with Gasteiger partial charge in [-0.1, -0.05) is 6.92 Å². The van der Waals surface area contributed by atoms with Gasteiger partial charge in [-0.2, -0.15) is 0 Å². The zero-order valence-corrected chi connectivity index (χ0v) is 11.4. The Labute approximate surface area is 113 Å². The first-order chi connectivity index (χ1) is 9.13. The lowest BCUT2D eigenvalue weighted by molar-refractivity contribution is -0.0220. The SMILES string of the molecule is CCC1COCCN1C(C)C(=O)c1ccc(F)cc1. The summed E-state index contributed by atoms with van der Waals surface area (Å²) < 4.78 is 18.3. The van der Waals surface area contributed by atoms with Crippen LogP contribution >= 0.6 is 0 Å². The summed E-state index contributed by atoms with van der Waals surface area (Å²) in [7, 11) is 0. The Hall–Kier alpha value is -1.26. The quantitative estimate of drug-likeness (QED) is 0.783. The Morgan fingerprint density at radius 3 is 2.79 bits per heavy atom. The second-order valence-corrected chi connectivity index (χ2v) is 4.92. The molecule has 3 nitrogen and oxygen atoms in total. The molecule has 0 saturated carbocycles. The number of hydrogen-bond acceptors (Lipinski definition) is 3. The number of halogens is 1. The van der Waals surface area contributed by atoms with Crippen LogP contribution in [0, 0.1) is 5.82 Å². The van der Waals surface area contributed by atoms with Gasteiger partial charge in [0, 0.05) is 18.2 Å². The van der Waals surface area contributed by atoms with E-state index in [0.29, 0.717) is 18.8 Å². The van der Waals surface area contributed by atoms with Gasteiger partial charge in [0.2, 0.25) is 0 Å². The van der Waals surface area contributed by atoms with Gasteiger partial charge in [0.1, 0.15) is 5.82 Å². The van der Waals surface area contributed by atoms with E-state index in [9.17, 15) is 9.18 Å². The number of ether oxygens (including phenoxy) is 1. The van der Waals surface area contributed by atoms with Crippen molar-refractivity contribution in [3.63, 3.8) is 0 Å². The second-order valence-electron chi connectivity index (χ2n) is 4.92. The van der Waals surface area contributed by atoms with Gasteiger partial charge in [0.15, 0.2) is 5.78 Å². The van der Waals surface area contributed by atoms with Crippen LogP contribution in [0.1, 0.15) is 30.6 Å². The molecule has 1 fully saturated rings. The van der Waals surface area contributed by atoms with Crippen molar-refractivity contribution in [3.05, 3.63) is 35.6 Å². The molecular formula is C15H20FNO2. The highest BCUT2D eigenvalue weighted by atomic mass is 19.1. The van der Waals surface area contributed by atoms with Gasteiger partial charge in [-0.05, 0) is 37.6 Å². The minimum absolute atomic E-state index is 0.0420. The summed E-state index contributed by atoms with van der Waals surface area (Å²) in [5, 5.41) is 0. The van der Waals surface area contributed by atoms with Gasteiger partial charge in [-0.3, -0.25) is 9.69 Å². The normalized spacial score (nSPS) is 22.2. The fourth-order valence-electron chi connectivity index (χ4n) is 2.54. The van der Waals surface area contributed by atoms with Crippen molar-refractivity contribution in [2.45, 2.75) is 32.4 Å². The highest BCUT2D eigenvalue weighted by Gasteiger charge is 2.30. The molecule has 0 spiro atoms. The summed E-state index contributed by atoms with van der Waals surface area (Å²) >= 11 is 0. The van der Waals surface area contributed by atoms with Crippen LogP contribution in [-0.2, 0) is 4.74 Å². The van der Waals surface area contributed by atoms with Gasteiger partial charge in [-0.15, -0.1) is 0 Å². The van der Waals surface area contributed by atoms with Crippen LogP contribution in [0.4, 0.5) is 4.39 Å². The van der Waals surface area contributed by atoms with E-state index >= 15 is 0 Å². The minimum Gasteiger partial charge on any atom is -0.378 e. The highest BCUT2D eigenvalue weighted by Crippen LogP contribution is 2.17. The third kappa shape index (κ3) is 3.19. The number of Topliss-reactive ketones (excluding diaryl/α,β-unsaturated/α-hetero) is 1. The summed E-state index contributed by atoms with van der Waals surface area (Å²) in [4.78, 5) is 14.6. The average molecular weight is 265 g/mol. The molecule has 104 valence electrons. The van der Waals surface area contributed by atoms with E-state index in [4.69, 9.17) is 4.74 Å². The van der Waals surface area contributed by atoms with Gasteiger partial charge in [-0.25, -0.2) is 4.39 Å². The maximum atomic E-state index is 12.9. The molecule has 0 radical (unpaired) electrons. The molecule has 1 aromatic rings. The smallest absolute Gasteiger partial charge is 0.179 e. The van der Waals surface area contributed by atoms with Gasteiger partial charge in [0.25, 0.3) is 0 Å². The predicted octanol–water partition coefficient (Wildman–Crippen LogP) is 2.51. The zero-order chi connectivity index (χ0) is 13.8. The molecule has 0 amide bonds. The first kappa shape index (κ1) is 14.2. The molecule has 2 unspecified atom stereocenters. The lowest BCUT2D eigenvalue weighted by Crippen LogP contribution is -2.52. The molecule has 1 heterocycles. The summed E-state index contributed by atoms with van der Waals surface area (Å²) in [6, 6.07) is 5.85. The number of carbonyl (C=O) groups is 1. The van der Waals surface area contributed by atoms with Crippen molar-refractivity contribution >= 4 is 5.78 Å². The molecule has 1 aromatic carbocycles. The fourth-order valence-corrected chi connectivity index (χ4v) is 2.54. The third-order valence-corrected chi connectivity index (χ3v) is 3.75. The van der Waals surface area contributed by atoms with Gasteiger partial charge >= 0.3 is 0 Å². The number of carbonyl (C=O) groups excluding carboxylic acids is 1. The molecule has 0 aromatic heterocycles. The molecule has 19 heavy (non-hydrogen) atoms. The van der Waals surface area contributed by atoms with E-state index in [2.05, 4.69) is 11.8 Å². The molecule has 0 N–H and O–H groups in total. The van der Waals surface area contributed by atoms with Crippen LogP contribution in [0.5, 0.6) is 0 Å². The van der Waals surface area contributed by atoms with E-state index < -0.39 is 0 Å². The van der Waals surface area contributed by atoms with Crippen molar-refractivity contribution < 1.29 is 13.9 Å². The van der Waals surface area contributed by atoms with E-state index in [1.54, 1.807) is 12.1 Å². The van der Waals surface area contributed by atoms with Crippen molar-refractivity contribution in [2.24, 2.45) is 0 Å². The maximum Gasteiger partial charge on any atom is 0.179 e. The van der Waals surface area contributed by atoms with E-state index in [1.807, 2.05) is 6.92 Å². The molecule has 1 aliphatic heterocycles. The van der Waals surface area contributed by atoms with Gasteiger partial charge in [0.05, 0.1) is 19.3 Å². The second kappa shape index (κ2) is 6.26. The number of ketones is 1. The standard InChI is InChI=1S/C15H20FNO2/c1-3-14-10-19-9-8-17(14)11(2)15(18)12-4-6-13(16)7-5-12/h4-7,11,14H,3,8-10H2,1-2H3. The number of rotatable bonds is 4. The Morgan fingerprint density at radius 2 is 2.16 bits per heavy atom. The molecule has 0 bridgehead atoms. The fraction of sp³-hybridized carbons (Fsp3) is 0.533. The van der Waals surface area contributed by atoms with Crippen molar-refractivity contribution in [1.29, 1.82) is 0 Å². The average Bonchev–Trinajstić information content (AvgIpc) is 2.46. The number of benzene rings is 1. The summed E-state index contributed by atoms with van der Waals surface area (Å²) in [6.07, 6.45) is 0.959. The van der Waals surface area contributed by atoms with Gasteiger partial charge < -0.3 is 4.74 Å². The number of hydrogen-bond donors (Lipinski definition) is 0. The van der Waals surface area contributed by atoms with Crippen LogP contribution in [-0.4, -0.2) is 42.5 Å². The maximum absolute atomic E-state index is 12.9. The van der Waals surface area contributed by atoms with E-state index in [0.717, 1.165) is 13.0 Å². The van der Waals surface area contributed by atoms with E-state index in [1.165, 1.54) is 12.1 Å². The Balaban J connectivity index is 2.11.